The van der Waals surface area contributed by atoms with Crippen LogP contribution in [0.15, 0.2) is 48.5 Å². The largest absolute Gasteiger partial charge is 0.399 e. The number of hydrogen-bond acceptors (Lipinski definition) is 2. The first kappa shape index (κ1) is 12.8. The fourth-order valence-electron chi connectivity index (χ4n) is 1.94. The topological polar surface area (TPSA) is 38.0 Å². The lowest BCUT2D eigenvalue weighted by Gasteiger charge is -2.19. The smallest absolute Gasteiger partial charge is 0.0658 e. The first-order chi connectivity index (χ1) is 8.70. The monoisotopic (exact) mass is 260 g/mol. The molecule has 2 rings (SSSR count). The van der Waals surface area contributed by atoms with Crippen LogP contribution >= 0.6 is 11.6 Å². The zero-order valence-electron chi connectivity index (χ0n) is 10.4. The molecule has 0 spiro atoms. The standard InChI is InChI=1S/C15H17ClN2/c1-2-14(11-6-4-3-5-7-11)18-15-9-8-12(17)10-13(15)16/h3-10,14,18H,2,17H2,1H3. The van der Waals surface area contributed by atoms with Crippen molar-refractivity contribution >= 4 is 23.0 Å². The Bertz CT molecular complexity index is 511. The van der Waals surface area contributed by atoms with Crippen LogP contribution in [0.25, 0.3) is 0 Å². The van der Waals surface area contributed by atoms with Crippen LogP contribution in [-0.2, 0) is 0 Å². The maximum atomic E-state index is 6.18. The van der Waals surface area contributed by atoms with E-state index in [1.807, 2.05) is 30.3 Å². The summed E-state index contributed by atoms with van der Waals surface area (Å²) in [6.07, 6.45) is 0.991. The molecule has 1 unspecified atom stereocenters. The molecular formula is C15H17ClN2. The van der Waals surface area contributed by atoms with E-state index in [2.05, 4.69) is 24.4 Å². The molecule has 0 aliphatic carbocycles. The molecule has 2 aromatic rings. The molecule has 0 amide bonds. The summed E-state index contributed by atoms with van der Waals surface area (Å²) in [6, 6.07) is 16.1. The van der Waals surface area contributed by atoms with Crippen LogP contribution in [0.4, 0.5) is 11.4 Å². The Kier molecular flexibility index (Phi) is 4.11. The molecule has 3 N–H and O–H groups in total. The van der Waals surface area contributed by atoms with Crippen molar-refractivity contribution in [1.82, 2.24) is 0 Å². The van der Waals surface area contributed by atoms with Crippen molar-refractivity contribution in [3.8, 4) is 0 Å². The average molecular weight is 261 g/mol. The summed E-state index contributed by atoms with van der Waals surface area (Å²) in [5.41, 5.74) is 8.54. The van der Waals surface area contributed by atoms with E-state index in [9.17, 15) is 0 Å². The Morgan fingerprint density at radius 3 is 2.50 bits per heavy atom. The fraction of sp³-hybridized carbons (Fsp3) is 0.200. The van der Waals surface area contributed by atoms with Crippen LogP contribution in [0.1, 0.15) is 24.9 Å². The van der Waals surface area contributed by atoms with E-state index in [4.69, 9.17) is 17.3 Å². The van der Waals surface area contributed by atoms with Crippen molar-refractivity contribution in [2.24, 2.45) is 0 Å². The van der Waals surface area contributed by atoms with Gasteiger partial charge in [-0.3, -0.25) is 0 Å². The lowest BCUT2D eigenvalue weighted by atomic mass is 10.0. The molecule has 0 aliphatic heterocycles. The molecule has 0 fully saturated rings. The molecule has 3 heteroatoms. The summed E-state index contributed by atoms with van der Waals surface area (Å²) in [5.74, 6) is 0. The van der Waals surface area contributed by atoms with Crippen LogP contribution < -0.4 is 11.1 Å². The van der Waals surface area contributed by atoms with E-state index in [1.165, 1.54) is 5.56 Å². The van der Waals surface area contributed by atoms with Gasteiger partial charge in [0.2, 0.25) is 0 Å². The minimum absolute atomic E-state index is 0.257. The summed E-state index contributed by atoms with van der Waals surface area (Å²) >= 11 is 6.18. The van der Waals surface area contributed by atoms with Gasteiger partial charge in [0, 0.05) is 5.69 Å². The third kappa shape index (κ3) is 2.96. The highest BCUT2D eigenvalue weighted by molar-refractivity contribution is 6.33. The summed E-state index contributed by atoms with van der Waals surface area (Å²) < 4.78 is 0. The molecule has 2 nitrogen and oxygen atoms in total. The van der Waals surface area contributed by atoms with Crippen LogP contribution in [-0.4, -0.2) is 0 Å². The summed E-state index contributed by atoms with van der Waals surface area (Å²) in [7, 11) is 0. The van der Waals surface area contributed by atoms with Gasteiger partial charge in [-0.2, -0.15) is 0 Å². The van der Waals surface area contributed by atoms with Gasteiger partial charge in [0.05, 0.1) is 16.8 Å². The van der Waals surface area contributed by atoms with Crippen LogP contribution in [0.5, 0.6) is 0 Å². The van der Waals surface area contributed by atoms with Gasteiger partial charge in [0.15, 0.2) is 0 Å². The lowest BCUT2D eigenvalue weighted by molar-refractivity contribution is 0.749. The molecular weight excluding hydrogens is 244 g/mol. The van der Waals surface area contributed by atoms with Gasteiger partial charge in [-0.15, -0.1) is 0 Å². The molecule has 0 radical (unpaired) electrons. The van der Waals surface area contributed by atoms with Crippen molar-refractivity contribution in [3.05, 3.63) is 59.1 Å². The maximum Gasteiger partial charge on any atom is 0.0658 e. The van der Waals surface area contributed by atoms with Crippen molar-refractivity contribution in [3.63, 3.8) is 0 Å². The average Bonchev–Trinajstić information content (AvgIpc) is 2.39. The highest BCUT2D eigenvalue weighted by Crippen LogP contribution is 2.29. The first-order valence-electron chi connectivity index (χ1n) is 6.07. The van der Waals surface area contributed by atoms with Gasteiger partial charge in [-0.1, -0.05) is 48.9 Å². The molecule has 0 heterocycles. The summed E-state index contributed by atoms with van der Waals surface area (Å²) in [4.78, 5) is 0. The molecule has 2 aromatic carbocycles. The minimum atomic E-state index is 0.257. The van der Waals surface area contributed by atoms with Crippen molar-refractivity contribution in [2.75, 3.05) is 11.1 Å². The summed E-state index contributed by atoms with van der Waals surface area (Å²) in [5, 5.41) is 4.11. The van der Waals surface area contributed by atoms with Crippen LogP contribution in [0, 0.1) is 0 Å². The number of nitrogen functional groups attached to an aromatic ring is 1. The van der Waals surface area contributed by atoms with Crippen LogP contribution in [0.3, 0.4) is 0 Å². The third-order valence-corrected chi connectivity index (χ3v) is 3.25. The second-order valence-electron chi connectivity index (χ2n) is 4.26. The number of rotatable bonds is 4. The van der Waals surface area contributed by atoms with Gasteiger partial charge < -0.3 is 11.1 Å². The highest BCUT2D eigenvalue weighted by atomic mass is 35.5. The second kappa shape index (κ2) is 5.78. The zero-order chi connectivity index (χ0) is 13.0. The van der Waals surface area contributed by atoms with Crippen molar-refractivity contribution < 1.29 is 0 Å². The number of anilines is 2. The van der Waals surface area contributed by atoms with E-state index < -0.39 is 0 Å². The van der Waals surface area contributed by atoms with Gasteiger partial charge in [-0.05, 0) is 30.2 Å². The number of hydrogen-bond donors (Lipinski definition) is 2. The molecule has 18 heavy (non-hydrogen) atoms. The second-order valence-corrected chi connectivity index (χ2v) is 4.66. The maximum absolute atomic E-state index is 6.18. The van der Waals surface area contributed by atoms with Gasteiger partial charge in [-0.25, -0.2) is 0 Å². The number of benzene rings is 2. The number of nitrogens with two attached hydrogens (primary N) is 1. The first-order valence-corrected chi connectivity index (χ1v) is 6.45. The van der Waals surface area contributed by atoms with E-state index >= 15 is 0 Å². The Balaban J connectivity index is 2.21. The lowest BCUT2D eigenvalue weighted by Crippen LogP contribution is -2.09. The molecule has 1 atom stereocenters. The van der Waals surface area contributed by atoms with Gasteiger partial charge >= 0.3 is 0 Å². The molecule has 0 aromatic heterocycles. The number of nitrogens with one attached hydrogen (secondary N) is 1. The van der Waals surface area contributed by atoms with Gasteiger partial charge in [0.25, 0.3) is 0 Å². The predicted molar refractivity (Wildman–Crippen MR) is 79.0 cm³/mol. The fourth-order valence-corrected chi connectivity index (χ4v) is 2.19. The minimum Gasteiger partial charge on any atom is -0.399 e. The van der Waals surface area contributed by atoms with E-state index in [1.54, 1.807) is 6.07 Å². The third-order valence-electron chi connectivity index (χ3n) is 2.93. The Morgan fingerprint density at radius 2 is 1.89 bits per heavy atom. The molecule has 0 bridgehead atoms. The Labute approximate surface area is 113 Å². The molecule has 0 saturated heterocycles. The van der Waals surface area contributed by atoms with Crippen molar-refractivity contribution in [2.45, 2.75) is 19.4 Å². The van der Waals surface area contributed by atoms with Crippen LogP contribution in [0.2, 0.25) is 5.02 Å². The van der Waals surface area contributed by atoms with Crippen molar-refractivity contribution in [1.29, 1.82) is 0 Å². The van der Waals surface area contributed by atoms with E-state index in [0.29, 0.717) is 10.7 Å². The molecule has 94 valence electrons. The quantitative estimate of drug-likeness (QED) is 0.795. The van der Waals surface area contributed by atoms with Gasteiger partial charge in [0.1, 0.15) is 0 Å². The predicted octanol–water partition coefficient (Wildman–Crippen LogP) is 4.49. The zero-order valence-corrected chi connectivity index (χ0v) is 11.1. The SMILES string of the molecule is CCC(Nc1ccc(N)cc1Cl)c1ccccc1. The Morgan fingerprint density at radius 1 is 1.17 bits per heavy atom. The highest BCUT2D eigenvalue weighted by Gasteiger charge is 2.10. The molecule has 0 aliphatic rings. The normalized spacial score (nSPS) is 12.1. The summed E-state index contributed by atoms with van der Waals surface area (Å²) in [6.45, 7) is 2.15. The van der Waals surface area contributed by atoms with E-state index in [-0.39, 0.29) is 6.04 Å². The Hall–Kier alpha value is -1.67. The number of halogens is 1. The molecule has 0 saturated carbocycles. The van der Waals surface area contributed by atoms with E-state index in [0.717, 1.165) is 12.1 Å².